The molecule has 0 aliphatic heterocycles. The second-order valence-electron chi connectivity index (χ2n) is 4.34. The van der Waals surface area contributed by atoms with Gasteiger partial charge in [-0.15, -0.1) is 0 Å². The Hall–Kier alpha value is -1.63. The molecule has 0 saturated carbocycles. The summed E-state index contributed by atoms with van der Waals surface area (Å²) in [4.78, 5) is 24.7. The number of carbonyl (C=O) groups is 1. The zero-order valence-electron chi connectivity index (χ0n) is 11.5. The van der Waals surface area contributed by atoms with Crippen LogP contribution in [0.3, 0.4) is 0 Å². The Morgan fingerprint density at radius 2 is 2.05 bits per heavy atom. The Kier molecular flexibility index (Phi) is 5.75. The lowest BCUT2D eigenvalue weighted by atomic mass is 10.4. The molecule has 0 spiro atoms. The summed E-state index contributed by atoms with van der Waals surface area (Å²) in [5.41, 5.74) is 0. The SMILES string of the molecule is CC(C)Oc1nc(Cl)nc(NCCC(=O)N(C)C)n1. The van der Waals surface area contributed by atoms with Gasteiger partial charge in [0.25, 0.3) is 0 Å². The summed E-state index contributed by atoms with van der Waals surface area (Å²) < 4.78 is 5.34. The molecule has 1 heterocycles. The molecular weight excluding hydrogens is 270 g/mol. The Bertz CT molecular complexity index is 439. The van der Waals surface area contributed by atoms with Crippen LogP contribution in [0.15, 0.2) is 0 Å². The van der Waals surface area contributed by atoms with E-state index in [4.69, 9.17) is 16.3 Å². The van der Waals surface area contributed by atoms with E-state index in [-0.39, 0.29) is 23.3 Å². The molecule has 0 bridgehead atoms. The molecule has 0 radical (unpaired) electrons. The molecule has 0 aliphatic rings. The molecule has 0 fully saturated rings. The van der Waals surface area contributed by atoms with Crippen LogP contribution >= 0.6 is 11.6 Å². The second kappa shape index (κ2) is 7.08. The van der Waals surface area contributed by atoms with Gasteiger partial charge in [-0.05, 0) is 25.4 Å². The van der Waals surface area contributed by atoms with Gasteiger partial charge >= 0.3 is 6.01 Å². The molecule has 0 saturated heterocycles. The standard InChI is InChI=1S/C11H18ClN5O2/c1-7(2)19-11-15-9(12)14-10(16-11)13-6-5-8(18)17(3)4/h7H,5-6H2,1-4H3,(H,13,14,15,16). The normalized spacial score (nSPS) is 10.4. The maximum Gasteiger partial charge on any atom is 0.322 e. The average molecular weight is 288 g/mol. The van der Waals surface area contributed by atoms with Gasteiger partial charge in [-0.1, -0.05) is 0 Å². The van der Waals surface area contributed by atoms with Gasteiger partial charge in [0.15, 0.2) is 0 Å². The third-order valence-electron chi connectivity index (χ3n) is 2.05. The zero-order valence-corrected chi connectivity index (χ0v) is 12.2. The number of carbonyl (C=O) groups excluding carboxylic acids is 1. The Balaban J connectivity index is 2.58. The summed E-state index contributed by atoms with van der Waals surface area (Å²) in [6.45, 7) is 4.14. The van der Waals surface area contributed by atoms with Gasteiger partial charge < -0.3 is 15.0 Å². The van der Waals surface area contributed by atoms with Gasteiger partial charge in [-0.2, -0.15) is 15.0 Å². The first-order valence-electron chi connectivity index (χ1n) is 5.90. The number of amides is 1. The van der Waals surface area contributed by atoms with Crippen LogP contribution in [0, 0.1) is 0 Å². The van der Waals surface area contributed by atoms with Crippen LogP contribution in [-0.2, 0) is 4.79 Å². The third kappa shape index (κ3) is 5.69. The van der Waals surface area contributed by atoms with E-state index < -0.39 is 0 Å². The minimum Gasteiger partial charge on any atom is -0.461 e. The van der Waals surface area contributed by atoms with Gasteiger partial charge in [0.2, 0.25) is 17.1 Å². The summed E-state index contributed by atoms with van der Waals surface area (Å²) in [6, 6.07) is 0.163. The predicted octanol–water partition coefficient (Wildman–Crippen LogP) is 1.20. The number of ether oxygens (including phenoxy) is 1. The Labute approximate surface area is 117 Å². The number of hydrogen-bond donors (Lipinski definition) is 1. The van der Waals surface area contributed by atoms with E-state index in [2.05, 4.69) is 20.3 Å². The number of nitrogens with one attached hydrogen (secondary N) is 1. The fourth-order valence-corrected chi connectivity index (χ4v) is 1.33. The highest BCUT2D eigenvalue weighted by Crippen LogP contribution is 2.12. The van der Waals surface area contributed by atoms with Crippen LogP contribution in [0.4, 0.5) is 5.95 Å². The summed E-state index contributed by atoms with van der Waals surface area (Å²) in [5.74, 6) is 0.313. The van der Waals surface area contributed by atoms with Crippen molar-refractivity contribution in [3.05, 3.63) is 5.28 Å². The maximum absolute atomic E-state index is 11.4. The first-order chi connectivity index (χ1) is 8.88. The van der Waals surface area contributed by atoms with Crippen LogP contribution < -0.4 is 10.1 Å². The van der Waals surface area contributed by atoms with Crippen LogP contribution in [0.5, 0.6) is 6.01 Å². The number of halogens is 1. The van der Waals surface area contributed by atoms with Crippen molar-refractivity contribution >= 4 is 23.5 Å². The molecule has 1 amide bonds. The van der Waals surface area contributed by atoms with E-state index in [1.54, 1.807) is 14.1 Å². The van der Waals surface area contributed by atoms with Crippen molar-refractivity contribution in [1.82, 2.24) is 19.9 Å². The monoisotopic (exact) mass is 287 g/mol. The molecule has 0 aromatic carbocycles. The molecule has 19 heavy (non-hydrogen) atoms. The van der Waals surface area contributed by atoms with Crippen molar-refractivity contribution in [2.75, 3.05) is 26.0 Å². The highest BCUT2D eigenvalue weighted by Gasteiger charge is 2.08. The maximum atomic E-state index is 11.4. The van der Waals surface area contributed by atoms with Crippen molar-refractivity contribution in [3.63, 3.8) is 0 Å². The van der Waals surface area contributed by atoms with Crippen LogP contribution in [0.2, 0.25) is 5.28 Å². The van der Waals surface area contributed by atoms with E-state index >= 15 is 0 Å². The molecular formula is C11H18ClN5O2. The Morgan fingerprint density at radius 3 is 2.63 bits per heavy atom. The molecule has 1 aromatic heterocycles. The molecule has 0 unspecified atom stereocenters. The molecule has 1 aromatic rings. The minimum absolute atomic E-state index is 0.0197. The molecule has 106 valence electrons. The van der Waals surface area contributed by atoms with E-state index in [1.807, 2.05) is 13.8 Å². The fraction of sp³-hybridized carbons (Fsp3) is 0.636. The van der Waals surface area contributed by atoms with Gasteiger partial charge in [-0.25, -0.2) is 0 Å². The lowest BCUT2D eigenvalue weighted by Crippen LogP contribution is -2.24. The molecule has 7 nitrogen and oxygen atoms in total. The zero-order chi connectivity index (χ0) is 14.4. The minimum atomic E-state index is -0.0540. The third-order valence-corrected chi connectivity index (χ3v) is 2.22. The summed E-state index contributed by atoms with van der Waals surface area (Å²) >= 11 is 5.77. The van der Waals surface area contributed by atoms with E-state index in [9.17, 15) is 4.79 Å². The van der Waals surface area contributed by atoms with Crippen LogP contribution in [0.25, 0.3) is 0 Å². The summed E-state index contributed by atoms with van der Waals surface area (Å²) in [6.07, 6.45) is 0.290. The van der Waals surface area contributed by atoms with Crippen LogP contribution in [-0.4, -0.2) is 52.5 Å². The number of rotatable bonds is 6. The fourth-order valence-electron chi connectivity index (χ4n) is 1.18. The van der Waals surface area contributed by atoms with Crippen molar-refractivity contribution in [2.24, 2.45) is 0 Å². The van der Waals surface area contributed by atoms with E-state index in [1.165, 1.54) is 4.90 Å². The van der Waals surface area contributed by atoms with Crippen molar-refractivity contribution in [2.45, 2.75) is 26.4 Å². The van der Waals surface area contributed by atoms with Gasteiger partial charge in [0.1, 0.15) is 0 Å². The molecule has 8 heteroatoms. The summed E-state index contributed by atoms with van der Waals surface area (Å²) in [7, 11) is 3.41. The lowest BCUT2D eigenvalue weighted by molar-refractivity contribution is -0.128. The first kappa shape index (κ1) is 15.4. The highest BCUT2D eigenvalue weighted by molar-refractivity contribution is 6.28. The van der Waals surface area contributed by atoms with E-state index in [0.717, 1.165) is 0 Å². The Morgan fingerprint density at radius 1 is 1.37 bits per heavy atom. The second-order valence-corrected chi connectivity index (χ2v) is 4.68. The topological polar surface area (TPSA) is 80.2 Å². The van der Waals surface area contributed by atoms with E-state index in [0.29, 0.717) is 18.9 Å². The smallest absolute Gasteiger partial charge is 0.322 e. The lowest BCUT2D eigenvalue weighted by Gasteiger charge is -2.11. The van der Waals surface area contributed by atoms with Crippen molar-refractivity contribution in [3.8, 4) is 6.01 Å². The van der Waals surface area contributed by atoms with Gasteiger partial charge in [-0.3, -0.25) is 4.79 Å². The number of nitrogens with zero attached hydrogens (tertiary/aromatic N) is 4. The number of aromatic nitrogens is 3. The summed E-state index contributed by atoms with van der Waals surface area (Å²) in [5, 5.41) is 2.96. The molecule has 0 aliphatic carbocycles. The number of anilines is 1. The van der Waals surface area contributed by atoms with Gasteiger partial charge in [0, 0.05) is 27.1 Å². The molecule has 0 atom stereocenters. The van der Waals surface area contributed by atoms with Crippen molar-refractivity contribution < 1.29 is 9.53 Å². The quantitative estimate of drug-likeness (QED) is 0.847. The first-order valence-corrected chi connectivity index (χ1v) is 6.28. The van der Waals surface area contributed by atoms with Crippen molar-refractivity contribution in [1.29, 1.82) is 0 Å². The highest BCUT2D eigenvalue weighted by atomic mass is 35.5. The average Bonchev–Trinajstić information content (AvgIpc) is 2.26. The largest absolute Gasteiger partial charge is 0.461 e. The molecule has 1 N–H and O–H groups in total. The number of hydrogen-bond acceptors (Lipinski definition) is 6. The van der Waals surface area contributed by atoms with Gasteiger partial charge in [0.05, 0.1) is 6.10 Å². The predicted molar refractivity (Wildman–Crippen MR) is 72.4 cm³/mol. The van der Waals surface area contributed by atoms with Crippen LogP contribution in [0.1, 0.15) is 20.3 Å². The molecule has 1 rings (SSSR count).